The first-order valence-corrected chi connectivity index (χ1v) is 6.89. The summed E-state index contributed by atoms with van der Waals surface area (Å²) in [6, 6.07) is 5.59. The quantitative estimate of drug-likeness (QED) is 0.809. The van der Waals surface area contributed by atoms with Crippen molar-refractivity contribution in [3.8, 4) is 22.6 Å². The van der Waals surface area contributed by atoms with Gasteiger partial charge in [0.1, 0.15) is 4.88 Å². The van der Waals surface area contributed by atoms with E-state index in [1.165, 1.54) is 18.4 Å². The number of thiophene rings is 1. The molecule has 0 saturated carbocycles. The van der Waals surface area contributed by atoms with Gasteiger partial charge in [-0.15, -0.1) is 11.3 Å². The first-order valence-electron chi connectivity index (χ1n) is 6.01. The molecule has 0 aliphatic rings. The van der Waals surface area contributed by atoms with Crippen molar-refractivity contribution in [2.24, 2.45) is 0 Å². The van der Waals surface area contributed by atoms with Gasteiger partial charge in [0, 0.05) is 5.56 Å². The van der Waals surface area contributed by atoms with Crippen LogP contribution in [0.3, 0.4) is 0 Å². The Balaban J connectivity index is 2.57. The molecule has 0 N–H and O–H groups in total. The summed E-state index contributed by atoms with van der Waals surface area (Å²) >= 11 is 1.38. The molecule has 0 aliphatic heterocycles. The second kappa shape index (κ2) is 5.96. The molecule has 1 aromatic carbocycles. The van der Waals surface area contributed by atoms with E-state index in [1.807, 2.05) is 30.5 Å². The van der Waals surface area contributed by atoms with Crippen molar-refractivity contribution in [2.75, 3.05) is 21.3 Å². The fourth-order valence-electron chi connectivity index (χ4n) is 2.04. The van der Waals surface area contributed by atoms with Crippen LogP contribution in [-0.2, 0) is 4.74 Å². The van der Waals surface area contributed by atoms with E-state index < -0.39 is 0 Å². The van der Waals surface area contributed by atoms with Gasteiger partial charge in [-0.1, -0.05) is 6.07 Å². The van der Waals surface area contributed by atoms with Gasteiger partial charge in [0.05, 0.1) is 21.3 Å². The maximum absolute atomic E-state index is 11.8. The van der Waals surface area contributed by atoms with Crippen LogP contribution < -0.4 is 9.47 Å². The largest absolute Gasteiger partial charge is 0.493 e. The average molecular weight is 292 g/mol. The van der Waals surface area contributed by atoms with E-state index in [9.17, 15) is 4.79 Å². The minimum atomic E-state index is -0.326. The number of carbonyl (C=O) groups excluding carboxylic acids is 1. The fraction of sp³-hybridized carbons (Fsp3) is 0.267. The molecule has 2 rings (SSSR count). The smallest absolute Gasteiger partial charge is 0.348 e. The van der Waals surface area contributed by atoms with E-state index in [-0.39, 0.29) is 5.97 Å². The summed E-state index contributed by atoms with van der Waals surface area (Å²) in [5.74, 6) is 0.961. The summed E-state index contributed by atoms with van der Waals surface area (Å²) in [6.07, 6.45) is 0. The summed E-state index contributed by atoms with van der Waals surface area (Å²) in [4.78, 5) is 12.4. The molecule has 0 aliphatic carbocycles. The number of hydrogen-bond donors (Lipinski definition) is 0. The van der Waals surface area contributed by atoms with E-state index in [2.05, 4.69) is 0 Å². The van der Waals surface area contributed by atoms with Gasteiger partial charge < -0.3 is 14.2 Å². The molecule has 0 saturated heterocycles. The Bertz CT molecular complexity index is 631. The van der Waals surface area contributed by atoms with Crippen molar-refractivity contribution < 1.29 is 19.0 Å². The number of methoxy groups -OCH3 is 3. The van der Waals surface area contributed by atoms with Crippen LogP contribution in [0.1, 0.15) is 15.2 Å². The molecular weight excluding hydrogens is 276 g/mol. The van der Waals surface area contributed by atoms with Gasteiger partial charge in [0.15, 0.2) is 11.5 Å². The minimum Gasteiger partial charge on any atom is -0.493 e. The Labute approximate surface area is 121 Å². The summed E-state index contributed by atoms with van der Waals surface area (Å²) in [6.45, 7) is 1.97. The van der Waals surface area contributed by atoms with Crippen LogP contribution in [0.5, 0.6) is 11.5 Å². The first-order chi connectivity index (χ1) is 9.62. The maximum Gasteiger partial charge on any atom is 0.348 e. The number of benzene rings is 1. The van der Waals surface area contributed by atoms with Gasteiger partial charge in [-0.3, -0.25) is 0 Å². The Morgan fingerprint density at radius 2 is 1.80 bits per heavy atom. The van der Waals surface area contributed by atoms with Crippen LogP contribution in [-0.4, -0.2) is 27.3 Å². The van der Waals surface area contributed by atoms with Gasteiger partial charge in [0.2, 0.25) is 0 Å². The molecule has 106 valence electrons. The Morgan fingerprint density at radius 3 is 2.40 bits per heavy atom. The van der Waals surface area contributed by atoms with Crippen LogP contribution in [0.15, 0.2) is 23.6 Å². The van der Waals surface area contributed by atoms with Crippen LogP contribution in [0, 0.1) is 6.92 Å². The predicted octanol–water partition coefficient (Wildman–Crippen LogP) is 3.53. The van der Waals surface area contributed by atoms with Crippen molar-refractivity contribution in [3.63, 3.8) is 0 Å². The van der Waals surface area contributed by atoms with Crippen molar-refractivity contribution in [1.29, 1.82) is 0 Å². The average Bonchev–Trinajstić information content (AvgIpc) is 2.87. The van der Waals surface area contributed by atoms with Gasteiger partial charge in [0.25, 0.3) is 0 Å². The number of rotatable bonds is 4. The Morgan fingerprint density at radius 1 is 1.10 bits per heavy atom. The second-order valence-corrected chi connectivity index (χ2v) is 5.06. The minimum absolute atomic E-state index is 0.326. The van der Waals surface area contributed by atoms with E-state index in [0.717, 1.165) is 16.7 Å². The molecule has 20 heavy (non-hydrogen) atoms. The van der Waals surface area contributed by atoms with Crippen molar-refractivity contribution in [3.05, 3.63) is 34.0 Å². The number of ether oxygens (including phenoxy) is 3. The lowest BCUT2D eigenvalue weighted by atomic mass is 10.0. The molecule has 0 spiro atoms. The summed E-state index contributed by atoms with van der Waals surface area (Å²) in [7, 11) is 4.56. The highest BCUT2D eigenvalue weighted by atomic mass is 32.1. The van der Waals surface area contributed by atoms with Crippen LogP contribution in [0.25, 0.3) is 11.1 Å². The summed E-state index contributed by atoms with van der Waals surface area (Å²) in [5, 5.41) is 1.94. The lowest BCUT2D eigenvalue weighted by Gasteiger charge is -2.10. The van der Waals surface area contributed by atoms with Crippen molar-refractivity contribution >= 4 is 17.3 Å². The number of carbonyl (C=O) groups is 1. The lowest BCUT2D eigenvalue weighted by Crippen LogP contribution is -2.00. The highest BCUT2D eigenvalue weighted by Gasteiger charge is 2.19. The third kappa shape index (κ3) is 2.49. The molecule has 5 heteroatoms. The third-order valence-electron chi connectivity index (χ3n) is 3.02. The van der Waals surface area contributed by atoms with Crippen LogP contribution in [0.2, 0.25) is 0 Å². The van der Waals surface area contributed by atoms with E-state index >= 15 is 0 Å². The monoisotopic (exact) mass is 292 g/mol. The molecule has 1 heterocycles. The molecule has 0 amide bonds. The molecule has 0 unspecified atom stereocenters. The topological polar surface area (TPSA) is 44.8 Å². The van der Waals surface area contributed by atoms with Gasteiger partial charge in [-0.25, -0.2) is 4.79 Å². The van der Waals surface area contributed by atoms with E-state index in [1.54, 1.807) is 14.2 Å². The van der Waals surface area contributed by atoms with Gasteiger partial charge >= 0.3 is 5.97 Å². The normalized spacial score (nSPS) is 10.2. The SMILES string of the molecule is COC(=O)c1scc(C)c1-c1ccc(OC)c(OC)c1. The van der Waals surface area contributed by atoms with Crippen molar-refractivity contribution in [1.82, 2.24) is 0 Å². The number of esters is 1. The number of hydrogen-bond acceptors (Lipinski definition) is 5. The highest BCUT2D eigenvalue weighted by molar-refractivity contribution is 7.12. The zero-order chi connectivity index (χ0) is 14.7. The lowest BCUT2D eigenvalue weighted by molar-refractivity contribution is 0.0607. The third-order valence-corrected chi connectivity index (χ3v) is 4.10. The van der Waals surface area contributed by atoms with Crippen LogP contribution in [0.4, 0.5) is 0 Å². The van der Waals surface area contributed by atoms with Crippen molar-refractivity contribution in [2.45, 2.75) is 6.92 Å². The van der Waals surface area contributed by atoms with Gasteiger partial charge in [-0.2, -0.15) is 0 Å². The standard InChI is InChI=1S/C15H16O4S/c1-9-8-20-14(15(16)19-4)13(9)10-5-6-11(17-2)12(7-10)18-3/h5-8H,1-4H3. The fourth-order valence-corrected chi connectivity index (χ4v) is 3.03. The first kappa shape index (κ1) is 14.4. The van der Waals surface area contributed by atoms with Gasteiger partial charge in [-0.05, 0) is 35.6 Å². The van der Waals surface area contributed by atoms with E-state index in [0.29, 0.717) is 16.4 Å². The maximum atomic E-state index is 11.8. The molecule has 4 nitrogen and oxygen atoms in total. The van der Waals surface area contributed by atoms with Crippen LogP contribution >= 0.6 is 11.3 Å². The molecule has 0 fully saturated rings. The molecule has 2 aromatic rings. The molecular formula is C15H16O4S. The zero-order valence-corrected chi connectivity index (χ0v) is 12.7. The molecule has 1 aromatic heterocycles. The predicted molar refractivity (Wildman–Crippen MR) is 78.9 cm³/mol. The highest BCUT2D eigenvalue weighted by Crippen LogP contribution is 2.37. The second-order valence-electron chi connectivity index (χ2n) is 4.18. The zero-order valence-electron chi connectivity index (χ0n) is 11.9. The van der Waals surface area contributed by atoms with E-state index in [4.69, 9.17) is 14.2 Å². The summed E-state index contributed by atoms with van der Waals surface area (Å²) in [5.41, 5.74) is 2.81. The molecule has 0 bridgehead atoms. The molecule has 0 radical (unpaired) electrons. The Hall–Kier alpha value is -2.01. The number of aryl methyl sites for hydroxylation is 1. The Kier molecular flexibility index (Phi) is 4.29. The summed E-state index contributed by atoms with van der Waals surface area (Å²) < 4.78 is 15.4. The molecule has 0 atom stereocenters.